The number of carbonyl (C=O) groups is 2. The zero-order chi connectivity index (χ0) is 38.1. The fourth-order valence-corrected chi connectivity index (χ4v) is 6.54. The van der Waals surface area contributed by atoms with Gasteiger partial charge in [-0.25, -0.2) is 0 Å². The molecule has 52 heavy (non-hydrogen) atoms. The number of methoxy groups -OCH3 is 2. The van der Waals surface area contributed by atoms with E-state index in [0.29, 0.717) is 49.1 Å². The second-order valence-corrected chi connectivity index (χ2v) is 17.4. The molecule has 16 heteroatoms. The van der Waals surface area contributed by atoms with Gasteiger partial charge in [0.05, 0.1) is 14.2 Å². The number of hydrogen-bond donors (Lipinski definition) is 7. The molecule has 0 spiro atoms. The summed E-state index contributed by atoms with van der Waals surface area (Å²) in [4.78, 5) is 31.1. The van der Waals surface area contributed by atoms with E-state index in [4.69, 9.17) is 19.0 Å². The zero-order valence-electron chi connectivity index (χ0n) is 30.3. The predicted octanol–water partition coefficient (Wildman–Crippen LogP) is 3.98. The number of amides is 2. The van der Waals surface area contributed by atoms with Crippen LogP contribution in [0.5, 0.6) is 5.75 Å². The maximum absolute atomic E-state index is 13.4. The molecule has 0 fully saturated rings. The van der Waals surface area contributed by atoms with Crippen molar-refractivity contribution < 1.29 is 27.5 Å². The molecule has 0 bridgehead atoms. The molecule has 1 aromatic heterocycles. The number of carbonyl (C=O) groups excluding carboxylic acids is 2. The number of nitrogens with zero attached hydrogens (tertiary/aromatic N) is 1. The summed E-state index contributed by atoms with van der Waals surface area (Å²) in [5.41, 5.74) is 6.36. The number of rotatable bonds is 17. The topological polar surface area (TPSA) is 207 Å². The highest BCUT2D eigenvalue weighted by atomic mass is 32.2. The van der Waals surface area contributed by atoms with Gasteiger partial charge in [-0.2, -0.15) is 0 Å². The molecule has 0 radical (unpaired) electrons. The van der Waals surface area contributed by atoms with Crippen molar-refractivity contribution in [1.29, 1.82) is 9.56 Å². The maximum Gasteiger partial charge on any atom is 0.274 e. The summed E-state index contributed by atoms with van der Waals surface area (Å²) in [5, 5.41) is 15.4. The van der Waals surface area contributed by atoms with Gasteiger partial charge in [0.1, 0.15) is 23.2 Å². The minimum absolute atomic E-state index is 0.172. The second kappa shape index (κ2) is 17.6. The lowest BCUT2D eigenvalue weighted by Gasteiger charge is -2.23. The van der Waals surface area contributed by atoms with E-state index in [2.05, 4.69) is 31.6 Å². The van der Waals surface area contributed by atoms with E-state index >= 15 is 0 Å². The fraction of sp³-hybridized carbons (Fsp3) is 0.361. The van der Waals surface area contributed by atoms with Crippen molar-refractivity contribution in [3.63, 3.8) is 0 Å². The Labute approximate surface area is 306 Å². The lowest BCUT2D eigenvalue weighted by atomic mass is 9.94. The summed E-state index contributed by atoms with van der Waals surface area (Å²) in [6.07, 6.45) is 7.80. The van der Waals surface area contributed by atoms with Crippen molar-refractivity contribution in [1.82, 2.24) is 20.9 Å². The smallest absolute Gasteiger partial charge is 0.274 e. The molecule has 2 heterocycles. The van der Waals surface area contributed by atoms with Crippen molar-refractivity contribution in [3.8, 4) is 16.9 Å². The van der Waals surface area contributed by atoms with Crippen LogP contribution in [0.15, 0.2) is 72.3 Å². The molecule has 2 aromatic carbocycles. The lowest BCUT2D eigenvalue weighted by molar-refractivity contribution is -0.117. The van der Waals surface area contributed by atoms with E-state index in [-0.39, 0.29) is 23.1 Å². The Hall–Kier alpha value is -4.77. The van der Waals surface area contributed by atoms with E-state index < -0.39 is 31.4 Å². The lowest BCUT2D eigenvalue weighted by Crippen LogP contribution is -2.40. The van der Waals surface area contributed by atoms with Gasteiger partial charge in [0.25, 0.3) is 11.8 Å². The van der Waals surface area contributed by atoms with E-state index in [1.807, 2.05) is 50.2 Å². The second-order valence-electron chi connectivity index (χ2n) is 12.6. The van der Waals surface area contributed by atoms with Crippen LogP contribution in [0.2, 0.25) is 0 Å². The predicted molar refractivity (Wildman–Crippen MR) is 207 cm³/mol. The molecular formula is C36H48N8O6S2. The Morgan fingerprint density at radius 3 is 2.00 bits per heavy atom. The quantitative estimate of drug-likeness (QED) is 0.0988. The van der Waals surface area contributed by atoms with Crippen molar-refractivity contribution in [2.45, 2.75) is 26.4 Å². The maximum atomic E-state index is 13.4. The Morgan fingerprint density at radius 2 is 1.44 bits per heavy atom. The van der Waals surface area contributed by atoms with Gasteiger partial charge in [0, 0.05) is 111 Å². The van der Waals surface area contributed by atoms with Crippen molar-refractivity contribution in [2.24, 2.45) is 0 Å². The van der Waals surface area contributed by atoms with Crippen LogP contribution in [0.1, 0.15) is 27.2 Å². The molecule has 7 N–H and O–H groups in total. The SMILES string of the molecule is COC1=CC(C(=O)Nc2cccc(-c3cccc(NC(=O)c4cc(OC)c(CNCCS(C)(=N)=O)cn4)c3C)c2C)NC=C1CNCCS(C)(=N)=O. The first-order chi connectivity index (χ1) is 24.6. The molecule has 0 saturated carbocycles. The third-order valence-electron chi connectivity index (χ3n) is 8.40. The number of pyridine rings is 1. The van der Waals surface area contributed by atoms with Crippen LogP contribution >= 0.6 is 0 Å². The zero-order valence-corrected chi connectivity index (χ0v) is 31.9. The Balaban J connectivity index is 1.44. The monoisotopic (exact) mass is 752 g/mol. The van der Waals surface area contributed by atoms with Crippen molar-refractivity contribution in [2.75, 3.05) is 68.5 Å². The standard InChI is InChI=1S/C36H48N8O6S2/c1-23-27(9-7-11-29(23)43-35(45)31-17-33(49-3)25(21-41-31)19-39-13-15-51(5,37)47)28-10-8-12-30(24(28)2)44-36(46)32-18-34(50-4)26(22-42-32)20-40-14-16-52(6,38)48/h7-12,17-18,21-22,31,37-41H,13-16,19-20H2,1-6H3,(H,43,45)(H,44,46). The number of ether oxygens (including phenoxy) is 2. The number of dihydropyridines is 1. The van der Waals surface area contributed by atoms with Crippen LogP contribution in [0, 0.1) is 23.4 Å². The average molecular weight is 753 g/mol. The molecule has 3 unspecified atom stereocenters. The van der Waals surface area contributed by atoms with E-state index in [1.165, 1.54) is 26.7 Å². The molecule has 280 valence electrons. The summed E-state index contributed by atoms with van der Waals surface area (Å²) < 4.78 is 49.4. The molecule has 3 atom stereocenters. The van der Waals surface area contributed by atoms with Gasteiger partial charge in [0.2, 0.25) is 0 Å². The van der Waals surface area contributed by atoms with Gasteiger partial charge in [-0.1, -0.05) is 24.3 Å². The highest BCUT2D eigenvalue weighted by Crippen LogP contribution is 2.34. The van der Waals surface area contributed by atoms with Crippen molar-refractivity contribution in [3.05, 3.63) is 94.7 Å². The Kier molecular flexibility index (Phi) is 13.6. The normalized spacial score (nSPS) is 16.3. The molecule has 14 nitrogen and oxygen atoms in total. The minimum Gasteiger partial charge on any atom is -0.497 e. The molecule has 1 aliphatic heterocycles. The number of hydrogen-bond acceptors (Lipinski definition) is 12. The van der Waals surface area contributed by atoms with Crippen LogP contribution in [0.4, 0.5) is 11.4 Å². The average Bonchev–Trinajstić information content (AvgIpc) is 3.09. The molecule has 0 aliphatic carbocycles. The van der Waals surface area contributed by atoms with E-state index in [9.17, 15) is 18.0 Å². The molecular weight excluding hydrogens is 705 g/mol. The Bertz CT molecular complexity index is 2080. The van der Waals surface area contributed by atoms with Gasteiger partial charge in [0.15, 0.2) is 0 Å². The summed E-state index contributed by atoms with van der Waals surface area (Å²) in [5.74, 6) is 0.801. The summed E-state index contributed by atoms with van der Waals surface area (Å²) >= 11 is 0. The third-order valence-corrected chi connectivity index (χ3v) is 10.4. The van der Waals surface area contributed by atoms with Crippen LogP contribution in [-0.2, 0) is 35.5 Å². The summed E-state index contributed by atoms with van der Waals surface area (Å²) in [7, 11) is -2.12. The number of aromatic nitrogens is 1. The summed E-state index contributed by atoms with van der Waals surface area (Å²) in [6, 6.07) is 12.2. The van der Waals surface area contributed by atoms with Crippen molar-refractivity contribution >= 4 is 42.6 Å². The number of benzene rings is 2. The van der Waals surface area contributed by atoms with Crippen LogP contribution in [0.3, 0.4) is 0 Å². The number of anilines is 2. The van der Waals surface area contributed by atoms with Gasteiger partial charge in [-0.15, -0.1) is 0 Å². The fourth-order valence-electron chi connectivity index (χ4n) is 5.47. The molecule has 3 aromatic rings. The first kappa shape index (κ1) is 40.0. The van der Waals surface area contributed by atoms with Gasteiger partial charge in [-0.3, -0.25) is 32.6 Å². The van der Waals surface area contributed by atoms with Crippen LogP contribution < -0.4 is 31.3 Å². The van der Waals surface area contributed by atoms with Gasteiger partial charge < -0.3 is 36.1 Å². The van der Waals surface area contributed by atoms with E-state index in [0.717, 1.165) is 33.4 Å². The summed E-state index contributed by atoms with van der Waals surface area (Å²) in [6.45, 7) is 5.46. The van der Waals surface area contributed by atoms with Crippen LogP contribution in [-0.4, -0.2) is 89.1 Å². The molecule has 1 aliphatic rings. The van der Waals surface area contributed by atoms with Crippen LogP contribution in [0.25, 0.3) is 11.1 Å². The first-order valence-electron chi connectivity index (χ1n) is 16.5. The molecule has 4 rings (SSSR count). The molecule has 2 amide bonds. The van der Waals surface area contributed by atoms with Gasteiger partial charge >= 0.3 is 0 Å². The highest BCUT2D eigenvalue weighted by Gasteiger charge is 2.23. The minimum atomic E-state index is -2.59. The first-order valence-corrected chi connectivity index (χ1v) is 20.8. The number of nitrogens with one attached hydrogen (secondary N) is 7. The molecule has 0 saturated heterocycles. The highest BCUT2D eigenvalue weighted by molar-refractivity contribution is 7.91. The Morgan fingerprint density at radius 1 is 0.865 bits per heavy atom. The largest absolute Gasteiger partial charge is 0.497 e. The van der Waals surface area contributed by atoms with Gasteiger partial charge in [-0.05, 0) is 54.3 Å². The third kappa shape index (κ3) is 11.1. The van der Waals surface area contributed by atoms with E-state index in [1.54, 1.807) is 24.5 Å².